The zero-order valence-electron chi connectivity index (χ0n) is 18.2. The van der Waals surface area contributed by atoms with Gasteiger partial charge in [-0.3, -0.25) is 9.79 Å². The summed E-state index contributed by atoms with van der Waals surface area (Å²) < 4.78 is 55.7. The summed E-state index contributed by atoms with van der Waals surface area (Å²) >= 11 is 0. The minimum atomic E-state index is -4.60. The van der Waals surface area contributed by atoms with Crippen molar-refractivity contribution >= 4 is 17.5 Å². The fraction of sp³-hybridized carbons (Fsp3) is 0.174. The summed E-state index contributed by atoms with van der Waals surface area (Å²) in [5.41, 5.74) is 0.966. The molecule has 5 rings (SSSR count). The SMILES string of the molecule is CN=c1ncc2cc(-c3ccc(C(=O)Nc4cc(C(F)(F)F)ccn4)c(F)c3)c3n(c-2n1)CCN3. The van der Waals surface area contributed by atoms with Crippen LogP contribution >= 0.6 is 0 Å². The molecular weight excluding hydrogens is 466 g/mol. The molecule has 12 heteroatoms. The van der Waals surface area contributed by atoms with E-state index in [1.807, 2.05) is 10.6 Å². The zero-order chi connectivity index (χ0) is 24.7. The average molecular weight is 483 g/mol. The molecule has 178 valence electrons. The molecule has 0 unspecified atom stereocenters. The van der Waals surface area contributed by atoms with Gasteiger partial charge < -0.3 is 15.2 Å². The highest BCUT2D eigenvalue weighted by atomic mass is 19.4. The summed E-state index contributed by atoms with van der Waals surface area (Å²) in [5, 5.41) is 5.49. The van der Waals surface area contributed by atoms with Crippen molar-refractivity contribution in [2.75, 3.05) is 24.2 Å². The lowest BCUT2D eigenvalue weighted by molar-refractivity contribution is -0.137. The highest BCUT2D eigenvalue weighted by Gasteiger charge is 2.31. The second kappa shape index (κ2) is 8.46. The summed E-state index contributed by atoms with van der Waals surface area (Å²) in [5.74, 6) is -0.654. The van der Waals surface area contributed by atoms with Gasteiger partial charge in [0.05, 0.1) is 11.1 Å². The van der Waals surface area contributed by atoms with Crippen molar-refractivity contribution in [3.8, 4) is 22.5 Å². The van der Waals surface area contributed by atoms with Crippen LogP contribution in [0.4, 0.5) is 29.2 Å². The van der Waals surface area contributed by atoms with Gasteiger partial charge in [0.15, 0.2) is 0 Å². The average Bonchev–Trinajstić information content (AvgIpc) is 3.33. The Bertz CT molecular complexity index is 1500. The highest BCUT2D eigenvalue weighted by molar-refractivity contribution is 6.04. The van der Waals surface area contributed by atoms with E-state index < -0.39 is 23.5 Å². The van der Waals surface area contributed by atoms with Crippen LogP contribution < -0.4 is 16.3 Å². The number of benzene rings is 1. The van der Waals surface area contributed by atoms with E-state index in [2.05, 4.69) is 30.6 Å². The Labute approximate surface area is 195 Å². The molecule has 0 radical (unpaired) electrons. The monoisotopic (exact) mass is 483 g/mol. The summed E-state index contributed by atoms with van der Waals surface area (Å²) in [4.78, 5) is 28.9. The van der Waals surface area contributed by atoms with Gasteiger partial charge in [-0.2, -0.15) is 18.2 Å². The molecule has 4 heterocycles. The van der Waals surface area contributed by atoms with E-state index in [0.29, 0.717) is 41.7 Å². The van der Waals surface area contributed by atoms with Crippen LogP contribution in [-0.4, -0.2) is 39.0 Å². The minimum absolute atomic E-state index is 0.330. The number of aromatic nitrogens is 4. The van der Waals surface area contributed by atoms with Crippen LogP contribution in [0.3, 0.4) is 0 Å². The van der Waals surface area contributed by atoms with Gasteiger partial charge in [-0.25, -0.2) is 14.4 Å². The van der Waals surface area contributed by atoms with Crippen molar-refractivity contribution in [1.82, 2.24) is 19.5 Å². The van der Waals surface area contributed by atoms with Gasteiger partial charge in [0.1, 0.15) is 23.3 Å². The van der Waals surface area contributed by atoms with Crippen molar-refractivity contribution in [2.24, 2.45) is 4.99 Å². The van der Waals surface area contributed by atoms with Crippen molar-refractivity contribution in [3.63, 3.8) is 0 Å². The Morgan fingerprint density at radius 3 is 2.71 bits per heavy atom. The second-order valence-corrected chi connectivity index (χ2v) is 7.73. The van der Waals surface area contributed by atoms with Crippen molar-refractivity contribution in [2.45, 2.75) is 12.7 Å². The standard InChI is InChI=1S/C23H17F4N7O/c1-28-22-31-11-13-8-16(20-30-6-7-34(20)19(13)33-22)12-2-3-15(17(24)9-12)21(35)32-18-10-14(4-5-29-18)23(25,26)27/h2-5,8-11,30H,6-7H2,1H3,(H,29,32,35). The molecule has 0 fully saturated rings. The maximum absolute atomic E-state index is 15.0. The van der Waals surface area contributed by atoms with E-state index in [1.54, 1.807) is 19.3 Å². The predicted octanol–water partition coefficient (Wildman–Crippen LogP) is 3.81. The molecule has 0 spiro atoms. The quantitative estimate of drug-likeness (QED) is 0.432. The lowest BCUT2D eigenvalue weighted by atomic mass is 10.0. The fourth-order valence-electron chi connectivity index (χ4n) is 3.91. The molecule has 1 aromatic carbocycles. The molecule has 1 aromatic heterocycles. The second-order valence-electron chi connectivity index (χ2n) is 7.73. The third-order valence-electron chi connectivity index (χ3n) is 5.55. The van der Waals surface area contributed by atoms with E-state index >= 15 is 0 Å². The van der Waals surface area contributed by atoms with Crippen molar-refractivity contribution in [1.29, 1.82) is 0 Å². The van der Waals surface area contributed by atoms with Crippen LogP contribution in [0.2, 0.25) is 0 Å². The molecule has 0 atom stereocenters. The molecule has 35 heavy (non-hydrogen) atoms. The Kier molecular flexibility index (Phi) is 5.42. The van der Waals surface area contributed by atoms with Crippen molar-refractivity contribution < 1.29 is 22.4 Å². The van der Waals surface area contributed by atoms with Gasteiger partial charge >= 0.3 is 6.18 Å². The maximum Gasteiger partial charge on any atom is 0.416 e. The largest absolute Gasteiger partial charge is 0.416 e. The number of nitrogens with one attached hydrogen (secondary N) is 2. The first-order valence-electron chi connectivity index (χ1n) is 10.5. The van der Waals surface area contributed by atoms with Gasteiger partial charge in [-0.1, -0.05) is 6.07 Å². The van der Waals surface area contributed by atoms with Gasteiger partial charge in [-0.05, 0) is 35.9 Å². The van der Waals surface area contributed by atoms with Crippen LogP contribution in [0.5, 0.6) is 0 Å². The first kappa shape index (κ1) is 22.4. The lowest BCUT2D eigenvalue weighted by Gasteiger charge is -2.17. The van der Waals surface area contributed by atoms with Crippen LogP contribution in [-0.2, 0) is 12.7 Å². The first-order chi connectivity index (χ1) is 16.7. The highest BCUT2D eigenvalue weighted by Crippen LogP contribution is 2.37. The molecule has 0 bridgehead atoms. The topological polar surface area (TPSA) is 97.1 Å². The Morgan fingerprint density at radius 1 is 1.14 bits per heavy atom. The van der Waals surface area contributed by atoms with Gasteiger partial charge in [0.25, 0.3) is 5.91 Å². The van der Waals surface area contributed by atoms with Crippen molar-refractivity contribution in [3.05, 3.63) is 71.4 Å². The van der Waals surface area contributed by atoms with Gasteiger partial charge in [0, 0.05) is 43.7 Å². The molecule has 0 saturated carbocycles. The smallest absolute Gasteiger partial charge is 0.369 e. The summed E-state index contributed by atoms with van der Waals surface area (Å²) in [6.45, 7) is 1.30. The number of alkyl halides is 3. The first-order valence-corrected chi connectivity index (χ1v) is 10.5. The fourth-order valence-corrected chi connectivity index (χ4v) is 3.91. The van der Waals surface area contributed by atoms with Crippen LogP contribution in [0.1, 0.15) is 15.9 Å². The molecule has 1 amide bonds. The number of hydrogen-bond acceptors (Lipinski definition) is 6. The number of pyridine rings is 2. The number of amides is 1. The zero-order valence-corrected chi connectivity index (χ0v) is 18.2. The number of carbonyl (C=O) groups excluding carboxylic acids is 1. The molecule has 3 aliphatic heterocycles. The van der Waals surface area contributed by atoms with E-state index in [0.717, 1.165) is 23.6 Å². The van der Waals surface area contributed by atoms with E-state index in [4.69, 9.17) is 0 Å². The van der Waals surface area contributed by atoms with Gasteiger partial charge in [0.2, 0.25) is 5.62 Å². The number of hydrogen-bond donors (Lipinski definition) is 2. The van der Waals surface area contributed by atoms with Crippen LogP contribution in [0.15, 0.2) is 53.8 Å². The normalized spacial score (nSPS) is 13.6. The Balaban J connectivity index is 1.49. The van der Waals surface area contributed by atoms with E-state index in [1.165, 1.54) is 12.1 Å². The van der Waals surface area contributed by atoms with Crippen LogP contribution in [0, 0.1) is 5.82 Å². The molecule has 8 nitrogen and oxygen atoms in total. The van der Waals surface area contributed by atoms with E-state index in [-0.39, 0.29) is 11.4 Å². The number of carbonyl (C=O) groups is 1. The summed E-state index contributed by atoms with van der Waals surface area (Å²) in [7, 11) is 1.60. The summed E-state index contributed by atoms with van der Waals surface area (Å²) in [6, 6.07) is 7.33. The van der Waals surface area contributed by atoms with Gasteiger partial charge in [-0.15, -0.1) is 0 Å². The number of fused-ring (bicyclic) bond motifs is 3. The molecular formula is C23H17F4N7O. The molecule has 3 aliphatic rings. The molecule has 0 saturated heterocycles. The minimum Gasteiger partial charge on any atom is -0.369 e. The molecule has 0 aliphatic carbocycles. The molecule has 2 aromatic rings. The molecule has 2 N–H and O–H groups in total. The van der Waals surface area contributed by atoms with E-state index in [9.17, 15) is 22.4 Å². The Hall–Kier alpha value is -4.35. The maximum atomic E-state index is 15.0. The number of nitrogens with zero attached hydrogens (tertiary/aromatic N) is 5. The number of halogens is 4. The lowest BCUT2D eigenvalue weighted by Crippen LogP contribution is -2.17. The Morgan fingerprint density at radius 2 is 1.97 bits per heavy atom. The third kappa shape index (κ3) is 4.18. The third-order valence-corrected chi connectivity index (χ3v) is 5.55. The predicted molar refractivity (Wildman–Crippen MR) is 119 cm³/mol. The summed E-state index contributed by atoms with van der Waals surface area (Å²) in [6.07, 6.45) is -2.04. The number of anilines is 2. The van der Waals surface area contributed by atoms with Crippen LogP contribution in [0.25, 0.3) is 22.5 Å². The number of rotatable bonds is 3.